The number of rotatable bonds is 11. The van der Waals surface area contributed by atoms with Gasteiger partial charge in [-0.2, -0.15) is 4.31 Å². The van der Waals surface area contributed by atoms with E-state index in [-0.39, 0.29) is 42.4 Å². The molecule has 0 unspecified atom stereocenters. The lowest BCUT2D eigenvalue weighted by Gasteiger charge is -2.39. The molecule has 0 radical (unpaired) electrons. The summed E-state index contributed by atoms with van der Waals surface area (Å²) in [6.07, 6.45) is 1.56. The number of likely N-dealkylation sites (tertiary alicyclic amines) is 1. The Kier molecular flexibility index (Phi) is 10.1. The molecule has 1 aliphatic heterocycles. The van der Waals surface area contributed by atoms with Gasteiger partial charge in [0.25, 0.3) is 5.91 Å². The minimum absolute atomic E-state index is 0.117. The highest BCUT2D eigenvalue weighted by Crippen LogP contribution is 2.24. The predicted octanol–water partition coefficient (Wildman–Crippen LogP) is 4.57. The summed E-state index contributed by atoms with van der Waals surface area (Å²) in [4.78, 5) is 30.5. The molecule has 4 rings (SSSR count). The van der Waals surface area contributed by atoms with Crippen molar-refractivity contribution in [1.82, 2.24) is 14.1 Å². The highest BCUT2D eigenvalue weighted by atomic mass is 32.2. The first kappa shape index (κ1) is 30.2. The van der Waals surface area contributed by atoms with Gasteiger partial charge in [-0.25, -0.2) is 12.8 Å². The molecule has 0 bridgehead atoms. The number of carbonyl (C=O) groups is 2. The van der Waals surface area contributed by atoms with Crippen molar-refractivity contribution < 1.29 is 27.1 Å². The maximum absolute atomic E-state index is 14.0. The fourth-order valence-electron chi connectivity index (χ4n) is 5.09. The lowest BCUT2D eigenvalue weighted by molar-refractivity contribution is -0.135. The molecule has 1 aliphatic rings. The fourth-order valence-corrected chi connectivity index (χ4v) is 6.59. The summed E-state index contributed by atoms with van der Waals surface area (Å²) in [7, 11) is -2.35. The third-order valence-corrected chi connectivity index (χ3v) is 9.10. The molecule has 0 aliphatic carbocycles. The molecule has 41 heavy (non-hydrogen) atoms. The number of benzene rings is 3. The number of nitrogens with zero attached hydrogens (tertiary/aromatic N) is 3. The molecule has 3 aromatic rings. The molecular formula is C31H36FN3O5S. The molecule has 1 heterocycles. The van der Waals surface area contributed by atoms with Gasteiger partial charge < -0.3 is 14.5 Å². The van der Waals surface area contributed by atoms with Crippen molar-refractivity contribution in [2.75, 3.05) is 33.3 Å². The smallest absolute Gasteiger partial charge is 0.253 e. The van der Waals surface area contributed by atoms with Gasteiger partial charge in [0, 0.05) is 37.8 Å². The Labute approximate surface area is 241 Å². The second-order valence-corrected chi connectivity index (χ2v) is 12.0. The van der Waals surface area contributed by atoms with Crippen molar-refractivity contribution in [3.8, 4) is 5.75 Å². The molecule has 1 fully saturated rings. The van der Waals surface area contributed by atoms with E-state index < -0.39 is 15.8 Å². The van der Waals surface area contributed by atoms with E-state index in [4.69, 9.17) is 4.74 Å². The summed E-state index contributed by atoms with van der Waals surface area (Å²) >= 11 is 0. The fraction of sp³-hybridized carbons (Fsp3) is 0.355. The summed E-state index contributed by atoms with van der Waals surface area (Å²) < 4.78 is 47.3. The summed E-state index contributed by atoms with van der Waals surface area (Å²) in [6.45, 7) is 2.70. The molecule has 8 nitrogen and oxygen atoms in total. The van der Waals surface area contributed by atoms with Gasteiger partial charge in [0.05, 0.1) is 18.6 Å². The van der Waals surface area contributed by atoms with Gasteiger partial charge in [-0.15, -0.1) is 0 Å². The molecule has 1 saturated heterocycles. The van der Waals surface area contributed by atoms with E-state index in [9.17, 15) is 22.4 Å². The van der Waals surface area contributed by atoms with E-state index in [1.54, 1.807) is 71.5 Å². The van der Waals surface area contributed by atoms with Crippen LogP contribution in [0.25, 0.3) is 0 Å². The molecule has 0 aromatic heterocycles. The van der Waals surface area contributed by atoms with Crippen LogP contribution in [-0.4, -0.2) is 73.7 Å². The molecule has 10 heteroatoms. The molecular weight excluding hydrogens is 545 g/mol. The Morgan fingerprint density at radius 2 is 1.68 bits per heavy atom. The van der Waals surface area contributed by atoms with Crippen LogP contribution in [0.1, 0.15) is 42.1 Å². The Balaban J connectivity index is 1.53. The first-order chi connectivity index (χ1) is 19.7. The van der Waals surface area contributed by atoms with E-state index in [1.165, 1.54) is 28.6 Å². The van der Waals surface area contributed by atoms with Crippen molar-refractivity contribution in [3.05, 3.63) is 95.8 Å². The van der Waals surface area contributed by atoms with Crippen LogP contribution in [0.4, 0.5) is 4.39 Å². The molecule has 0 saturated carbocycles. The Morgan fingerprint density at radius 1 is 0.976 bits per heavy atom. The maximum atomic E-state index is 14.0. The monoisotopic (exact) mass is 581 g/mol. The number of ether oxygens (including phenoxy) is 1. The highest BCUT2D eigenvalue weighted by Gasteiger charge is 2.33. The van der Waals surface area contributed by atoms with Crippen molar-refractivity contribution in [3.63, 3.8) is 0 Å². The third kappa shape index (κ3) is 7.51. The second-order valence-electron chi connectivity index (χ2n) is 10.1. The number of sulfonamides is 1. The zero-order valence-electron chi connectivity index (χ0n) is 23.4. The SMILES string of the molecule is CCCN(CC(=O)N(Cc1cccc(F)c1)C1CCN(C(=O)c2cccc(OC)c2)CC1)S(=O)(=O)c1ccccc1. The highest BCUT2D eigenvalue weighted by molar-refractivity contribution is 7.89. The van der Waals surface area contributed by atoms with E-state index in [1.807, 2.05) is 6.92 Å². The van der Waals surface area contributed by atoms with Gasteiger partial charge >= 0.3 is 0 Å². The van der Waals surface area contributed by atoms with Crippen LogP contribution in [0, 0.1) is 5.82 Å². The first-order valence-corrected chi connectivity index (χ1v) is 15.2. The van der Waals surface area contributed by atoms with Crippen LogP contribution in [0.2, 0.25) is 0 Å². The van der Waals surface area contributed by atoms with Crippen LogP contribution in [0.5, 0.6) is 5.75 Å². The molecule has 218 valence electrons. The maximum Gasteiger partial charge on any atom is 0.253 e. The van der Waals surface area contributed by atoms with Crippen LogP contribution < -0.4 is 4.74 Å². The molecule has 2 amide bonds. The van der Waals surface area contributed by atoms with E-state index in [0.29, 0.717) is 49.2 Å². The average molecular weight is 582 g/mol. The lowest BCUT2D eigenvalue weighted by atomic mass is 10.0. The minimum atomic E-state index is -3.90. The predicted molar refractivity (Wildman–Crippen MR) is 154 cm³/mol. The quantitative estimate of drug-likeness (QED) is 0.331. The van der Waals surface area contributed by atoms with Crippen LogP contribution in [-0.2, 0) is 21.4 Å². The number of hydrogen-bond donors (Lipinski definition) is 0. The van der Waals surface area contributed by atoms with Gasteiger partial charge in [0.1, 0.15) is 11.6 Å². The number of carbonyl (C=O) groups excluding carboxylic acids is 2. The Morgan fingerprint density at radius 3 is 2.34 bits per heavy atom. The Bertz CT molecular complexity index is 1440. The van der Waals surface area contributed by atoms with Gasteiger partial charge in [-0.1, -0.05) is 43.3 Å². The van der Waals surface area contributed by atoms with Gasteiger partial charge in [-0.05, 0) is 67.3 Å². The summed E-state index contributed by atoms with van der Waals surface area (Å²) in [5, 5.41) is 0. The van der Waals surface area contributed by atoms with Crippen molar-refractivity contribution >= 4 is 21.8 Å². The van der Waals surface area contributed by atoms with E-state index in [2.05, 4.69) is 0 Å². The van der Waals surface area contributed by atoms with Crippen LogP contribution in [0.3, 0.4) is 0 Å². The topological polar surface area (TPSA) is 87.2 Å². The first-order valence-electron chi connectivity index (χ1n) is 13.8. The van der Waals surface area contributed by atoms with Crippen LogP contribution in [0.15, 0.2) is 83.8 Å². The standard InChI is InChI=1S/C31H36FN3O5S/c1-3-17-34(41(38,39)29-13-5-4-6-14-29)23-30(36)35(22-24-9-7-11-26(32)20-24)27-15-18-33(19-16-27)31(37)25-10-8-12-28(21-25)40-2/h4-14,20-21,27H,3,15-19,22-23H2,1-2H3. The van der Waals surface area contributed by atoms with E-state index >= 15 is 0 Å². The minimum Gasteiger partial charge on any atom is -0.497 e. The Hall–Kier alpha value is -3.76. The molecule has 3 aromatic carbocycles. The van der Waals surface area contributed by atoms with E-state index in [0.717, 1.165) is 0 Å². The number of methoxy groups -OCH3 is 1. The zero-order chi connectivity index (χ0) is 29.4. The number of amides is 2. The third-order valence-electron chi connectivity index (χ3n) is 7.24. The number of halogens is 1. The van der Waals surface area contributed by atoms with Crippen molar-refractivity contribution in [2.24, 2.45) is 0 Å². The second kappa shape index (κ2) is 13.7. The van der Waals surface area contributed by atoms with Gasteiger partial charge in [0.15, 0.2) is 0 Å². The van der Waals surface area contributed by atoms with Crippen molar-refractivity contribution in [1.29, 1.82) is 0 Å². The summed E-state index contributed by atoms with van der Waals surface area (Å²) in [5.74, 6) is -0.291. The molecule has 0 spiro atoms. The van der Waals surface area contributed by atoms with Gasteiger partial charge in [-0.3, -0.25) is 9.59 Å². The molecule has 0 N–H and O–H groups in total. The summed E-state index contributed by atoms with van der Waals surface area (Å²) in [6, 6.07) is 20.9. The largest absolute Gasteiger partial charge is 0.497 e. The average Bonchev–Trinajstić information content (AvgIpc) is 3.00. The number of piperidine rings is 1. The van der Waals surface area contributed by atoms with Crippen LogP contribution >= 0.6 is 0 Å². The normalized spacial score (nSPS) is 14.2. The zero-order valence-corrected chi connectivity index (χ0v) is 24.2. The lowest BCUT2D eigenvalue weighted by Crippen LogP contribution is -2.51. The summed E-state index contributed by atoms with van der Waals surface area (Å²) in [5.41, 5.74) is 1.14. The van der Waals surface area contributed by atoms with Crippen molar-refractivity contribution in [2.45, 2.75) is 43.7 Å². The molecule has 0 atom stereocenters. The number of hydrogen-bond acceptors (Lipinski definition) is 5. The van der Waals surface area contributed by atoms with Gasteiger partial charge in [0.2, 0.25) is 15.9 Å².